The first-order valence-electron chi connectivity index (χ1n) is 8.87. The van der Waals surface area contributed by atoms with E-state index in [0.717, 1.165) is 25.9 Å². The summed E-state index contributed by atoms with van der Waals surface area (Å²) in [6.07, 6.45) is 1.77. The van der Waals surface area contributed by atoms with Crippen LogP contribution in [0.4, 0.5) is 14.9 Å². The number of hydrogen-bond donors (Lipinski definition) is 3. The standard InChI is InChI=1S/C18H25FN4O3/c1-26-12-18(4-6-20-7-5-18)11-22-16(24)14-10-13(2-3-15(14)19)23-9-8-21-17(23)25/h2-3,10,20H,4-9,11-12H2,1H3,(H,21,25)(H,22,24). The normalized spacial score (nSPS) is 19.3. The summed E-state index contributed by atoms with van der Waals surface area (Å²) in [4.78, 5) is 25.9. The van der Waals surface area contributed by atoms with Gasteiger partial charge in [-0.1, -0.05) is 0 Å². The third-order valence-electron chi connectivity index (χ3n) is 5.10. The lowest BCUT2D eigenvalue weighted by Crippen LogP contribution is -2.47. The molecule has 1 aromatic carbocycles. The van der Waals surface area contributed by atoms with Crippen molar-refractivity contribution in [2.45, 2.75) is 12.8 Å². The van der Waals surface area contributed by atoms with Crippen molar-refractivity contribution in [3.05, 3.63) is 29.6 Å². The molecule has 0 spiro atoms. The molecule has 3 rings (SSSR count). The van der Waals surface area contributed by atoms with Crippen LogP contribution in [-0.4, -0.2) is 58.4 Å². The van der Waals surface area contributed by atoms with E-state index in [2.05, 4.69) is 16.0 Å². The van der Waals surface area contributed by atoms with Gasteiger partial charge in [-0.25, -0.2) is 9.18 Å². The first kappa shape index (κ1) is 18.6. The lowest BCUT2D eigenvalue weighted by Gasteiger charge is -2.37. The molecular weight excluding hydrogens is 339 g/mol. The second-order valence-electron chi connectivity index (χ2n) is 6.91. The number of halogens is 1. The van der Waals surface area contributed by atoms with Gasteiger partial charge < -0.3 is 20.7 Å². The number of carbonyl (C=O) groups is 2. The first-order valence-corrected chi connectivity index (χ1v) is 8.87. The van der Waals surface area contributed by atoms with Gasteiger partial charge in [0, 0.05) is 37.8 Å². The Kier molecular flexibility index (Phi) is 5.73. The zero-order chi connectivity index (χ0) is 18.6. The molecule has 0 bridgehead atoms. The van der Waals surface area contributed by atoms with Crippen molar-refractivity contribution in [3.8, 4) is 0 Å². The summed E-state index contributed by atoms with van der Waals surface area (Å²) in [6.45, 7) is 3.74. The molecule has 0 aliphatic carbocycles. The summed E-state index contributed by atoms with van der Waals surface area (Å²) in [5.74, 6) is -1.07. The minimum absolute atomic E-state index is 0.0521. The van der Waals surface area contributed by atoms with Gasteiger partial charge in [0.1, 0.15) is 5.82 Å². The van der Waals surface area contributed by atoms with E-state index in [1.54, 1.807) is 7.11 Å². The zero-order valence-corrected chi connectivity index (χ0v) is 14.9. The number of nitrogens with one attached hydrogen (secondary N) is 3. The van der Waals surface area contributed by atoms with Crippen molar-refractivity contribution in [1.82, 2.24) is 16.0 Å². The van der Waals surface area contributed by atoms with Crippen LogP contribution in [0.3, 0.4) is 0 Å². The Labute approximate surface area is 152 Å². The molecule has 2 saturated heterocycles. The average Bonchev–Trinajstić information content (AvgIpc) is 3.07. The van der Waals surface area contributed by atoms with E-state index >= 15 is 0 Å². The van der Waals surface area contributed by atoms with Gasteiger partial charge in [0.15, 0.2) is 0 Å². The summed E-state index contributed by atoms with van der Waals surface area (Å²) < 4.78 is 19.5. The molecule has 3 amide bonds. The van der Waals surface area contributed by atoms with E-state index < -0.39 is 11.7 Å². The molecule has 3 N–H and O–H groups in total. The Morgan fingerprint density at radius 1 is 1.35 bits per heavy atom. The molecule has 1 aromatic rings. The highest BCUT2D eigenvalue weighted by molar-refractivity contribution is 5.98. The maximum Gasteiger partial charge on any atom is 0.321 e. The number of amides is 3. The van der Waals surface area contributed by atoms with Gasteiger partial charge in [0.2, 0.25) is 0 Å². The topological polar surface area (TPSA) is 82.7 Å². The summed E-state index contributed by atoms with van der Waals surface area (Å²) >= 11 is 0. The number of urea groups is 1. The SMILES string of the molecule is COCC1(CNC(=O)c2cc(N3CCNC3=O)ccc2F)CCNCC1. The van der Waals surface area contributed by atoms with Crippen LogP contribution in [0, 0.1) is 11.2 Å². The average molecular weight is 364 g/mol. The number of piperidine rings is 1. The van der Waals surface area contributed by atoms with Gasteiger partial charge >= 0.3 is 6.03 Å². The van der Waals surface area contributed by atoms with Crippen molar-refractivity contribution in [1.29, 1.82) is 0 Å². The summed E-state index contributed by atoms with van der Waals surface area (Å²) in [6, 6.07) is 3.93. The molecule has 26 heavy (non-hydrogen) atoms. The zero-order valence-electron chi connectivity index (χ0n) is 14.9. The molecule has 0 radical (unpaired) electrons. The van der Waals surface area contributed by atoms with Crippen LogP contribution in [0.15, 0.2) is 18.2 Å². The van der Waals surface area contributed by atoms with Crippen molar-refractivity contribution in [2.75, 3.05) is 51.3 Å². The molecule has 0 atom stereocenters. The predicted molar refractivity (Wildman–Crippen MR) is 95.9 cm³/mol. The van der Waals surface area contributed by atoms with Crippen LogP contribution < -0.4 is 20.9 Å². The van der Waals surface area contributed by atoms with E-state index in [1.165, 1.54) is 23.1 Å². The molecule has 2 aliphatic rings. The number of methoxy groups -OCH3 is 1. The molecule has 142 valence electrons. The summed E-state index contributed by atoms with van der Waals surface area (Å²) in [5, 5.41) is 8.85. The van der Waals surface area contributed by atoms with Gasteiger partial charge in [-0.3, -0.25) is 9.69 Å². The van der Waals surface area contributed by atoms with Crippen molar-refractivity contribution in [3.63, 3.8) is 0 Å². The lowest BCUT2D eigenvalue weighted by atomic mass is 9.79. The van der Waals surface area contributed by atoms with Crippen LogP contribution in [0.5, 0.6) is 0 Å². The second-order valence-corrected chi connectivity index (χ2v) is 6.91. The van der Waals surface area contributed by atoms with Gasteiger partial charge in [-0.15, -0.1) is 0 Å². The van der Waals surface area contributed by atoms with E-state index in [9.17, 15) is 14.0 Å². The van der Waals surface area contributed by atoms with Gasteiger partial charge in [0.25, 0.3) is 5.91 Å². The van der Waals surface area contributed by atoms with E-state index in [-0.39, 0.29) is 17.0 Å². The Morgan fingerprint density at radius 3 is 2.77 bits per heavy atom. The molecule has 8 heteroatoms. The van der Waals surface area contributed by atoms with Gasteiger partial charge in [0.05, 0.1) is 12.2 Å². The predicted octanol–water partition coefficient (Wildman–Crippen LogP) is 1.10. The Hall–Kier alpha value is -2.19. The molecule has 7 nitrogen and oxygen atoms in total. The minimum Gasteiger partial charge on any atom is -0.384 e. The maximum atomic E-state index is 14.2. The Balaban J connectivity index is 1.71. The van der Waals surface area contributed by atoms with Crippen LogP contribution in [0.25, 0.3) is 0 Å². The molecular formula is C18H25FN4O3. The van der Waals surface area contributed by atoms with Gasteiger partial charge in [-0.05, 0) is 44.1 Å². The fourth-order valence-electron chi connectivity index (χ4n) is 3.57. The summed E-state index contributed by atoms with van der Waals surface area (Å²) in [7, 11) is 1.65. The largest absolute Gasteiger partial charge is 0.384 e. The van der Waals surface area contributed by atoms with E-state index in [0.29, 0.717) is 31.9 Å². The molecule has 0 aromatic heterocycles. The number of anilines is 1. The fraction of sp³-hybridized carbons (Fsp3) is 0.556. The third-order valence-corrected chi connectivity index (χ3v) is 5.10. The number of ether oxygens (including phenoxy) is 1. The second kappa shape index (κ2) is 8.01. The first-order chi connectivity index (χ1) is 12.5. The molecule has 0 unspecified atom stereocenters. The highest BCUT2D eigenvalue weighted by Gasteiger charge is 2.33. The van der Waals surface area contributed by atoms with Crippen molar-refractivity contribution in [2.24, 2.45) is 5.41 Å². The number of nitrogens with zero attached hydrogens (tertiary/aromatic N) is 1. The van der Waals surface area contributed by atoms with E-state index in [1.807, 2.05) is 0 Å². The minimum atomic E-state index is -0.600. The number of rotatable bonds is 6. The van der Waals surface area contributed by atoms with Crippen LogP contribution in [0.2, 0.25) is 0 Å². The fourth-order valence-corrected chi connectivity index (χ4v) is 3.57. The van der Waals surface area contributed by atoms with Crippen LogP contribution in [-0.2, 0) is 4.74 Å². The van der Waals surface area contributed by atoms with Crippen LogP contribution in [0.1, 0.15) is 23.2 Å². The Bertz CT molecular complexity index is 671. The number of benzene rings is 1. The highest BCUT2D eigenvalue weighted by Crippen LogP contribution is 2.28. The summed E-state index contributed by atoms with van der Waals surface area (Å²) in [5.41, 5.74) is 0.321. The van der Waals surface area contributed by atoms with Crippen molar-refractivity contribution >= 4 is 17.6 Å². The smallest absolute Gasteiger partial charge is 0.321 e. The quantitative estimate of drug-likeness (QED) is 0.706. The maximum absolute atomic E-state index is 14.2. The Morgan fingerprint density at radius 2 is 2.12 bits per heavy atom. The number of carbonyl (C=O) groups excluding carboxylic acids is 2. The van der Waals surface area contributed by atoms with E-state index in [4.69, 9.17) is 4.74 Å². The lowest BCUT2D eigenvalue weighted by molar-refractivity contribution is 0.0511. The highest BCUT2D eigenvalue weighted by atomic mass is 19.1. The van der Waals surface area contributed by atoms with Crippen molar-refractivity contribution < 1.29 is 18.7 Å². The third kappa shape index (κ3) is 3.96. The van der Waals surface area contributed by atoms with Crippen LogP contribution >= 0.6 is 0 Å². The molecule has 0 saturated carbocycles. The molecule has 2 fully saturated rings. The number of hydrogen-bond acceptors (Lipinski definition) is 4. The molecule has 2 heterocycles. The van der Waals surface area contributed by atoms with Gasteiger partial charge in [-0.2, -0.15) is 0 Å². The monoisotopic (exact) mass is 364 g/mol. The molecule has 2 aliphatic heterocycles.